The van der Waals surface area contributed by atoms with Gasteiger partial charge in [0.25, 0.3) is 5.56 Å². The summed E-state index contributed by atoms with van der Waals surface area (Å²) in [5.41, 5.74) is 2.43. The maximum absolute atomic E-state index is 13.1. The van der Waals surface area contributed by atoms with Gasteiger partial charge in [-0.25, -0.2) is 4.79 Å². The molecule has 1 aliphatic rings. The van der Waals surface area contributed by atoms with Gasteiger partial charge in [0.15, 0.2) is 0 Å². The third-order valence-corrected chi connectivity index (χ3v) is 5.65. The van der Waals surface area contributed by atoms with Gasteiger partial charge in [-0.15, -0.1) is 0 Å². The van der Waals surface area contributed by atoms with E-state index in [9.17, 15) is 14.7 Å². The second-order valence-corrected chi connectivity index (χ2v) is 8.50. The number of aliphatic hydroxyl groups is 1. The molecule has 1 atom stereocenters. The number of hydrogen-bond acceptors (Lipinski definition) is 5. The molecular formula is C23H28N4O3. The van der Waals surface area contributed by atoms with Crippen molar-refractivity contribution in [1.29, 1.82) is 0 Å². The Morgan fingerprint density at radius 2 is 1.80 bits per heavy atom. The summed E-state index contributed by atoms with van der Waals surface area (Å²) >= 11 is 0. The van der Waals surface area contributed by atoms with Gasteiger partial charge in [0, 0.05) is 38.6 Å². The summed E-state index contributed by atoms with van der Waals surface area (Å²) < 4.78 is 2.78. The first-order chi connectivity index (χ1) is 14.4. The van der Waals surface area contributed by atoms with Crippen molar-refractivity contribution in [2.45, 2.75) is 46.0 Å². The fraction of sp³-hybridized carbons (Fsp3) is 0.435. The molecule has 0 amide bonds. The molecule has 158 valence electrons. The quantitative estimate of drug-likeness (QED) is 0.671. The van der Waals surface area contributed by atoms with Crippen LogP contribution in [0.2, 0.25) is 0 Å². The molecule has 2 aromatic heterocycles. The number of aromatic nitrogens is 3. The molecule has 3 aromatic rings. The molecule has 1 N–H and O–H groups in total. The molecular weight excluding hydrogens is 380 g/mol. The summed E-state index contributed by atoms with van der Waals surface area (Å²) in [5.74, 6) is 0.239. The maximum atomic E-state index is 13.1. The van der Waals surface area contributed by atoms with E-state index in [0.717, 1.165) is 24.1 Å². The number of pyridine rings is 1. The molecule has 0 spiro atoms. The molecule has 4 rings (SSSR count). The van der Waals surface area contributed by atoms with E-state index >= 15 is 0 Å². The van der Waals surface area contributed by atoms with Gasteiger partial charge < -0.3 is 5.11 Å². The van der Waals surface area contributed by atoms with Gasteiger partial charge in [0.05, 0.1) is 23.6 Å². The minimum Gasteiger partial charge on any atom is -0.390 e. The number of hydrogen-bond donors (Lipinski definition) is 1. The SMILES string of the molecule is CC(C)Cn1c(=O)n(C[C@H](O)CN2CCc3ccccc3C2)c(=O)c2cnccc21. The molecule has 0 saturated carbocycles. The molecule has 30 heavy (non-hydrogen) atoms. The van der Waals surface area contributed by atoms with Gasteiger partial charge in [-0.05, 0) is 29.5 Å². The second-order valence-electron chi connectivity index (χ2n) is 8.50. The first-order valence-corrected chi connectivity index (χ1v) is 10.5. The lowest BCUT2D eigenvalue weighted by Crippen LogP contribution is -2.45. The van der Waals surface area contributed by atoms with Crippen LogP contribution in [0.15, 0.2) is 52.3 Å². The Balaban J connectivity index is 1.59. The number of benzene rings is 1. The van der Waals surface area contributed by atoms with Crippen molar-refractivity contribution in [2.75, 3.05) is 13.1 Å². The zero-order valence-corrected chi connectivity index (χ0v) is 17.5. The predicted molar refractivity (Wildman–Crippen MR) is 117 cm³/mol. The van der Waals surface area contributed by atoms with Gasteiger partial charge in [0.1, 0.15) is 0 Å². The summed E-state index contributed by atoms with van der Waals surface area (Å²) in [7, 11) is 0. The highest BCUT2D eigenvalue weighted by Gasteiger charge is 2.21. The molecule has 7 heteroatoms. The first-order valence-electron chi connectivity index (χ1n) is 10.5. The Labute approximate surface area is 175 Å². The standard InChI is InChI=1S/C23H28N4O3/c1-16(2)12-26-21-7-9-24-11-20(21)22(29)27(23(26)30)15-19(28)14-25-10-8-17-5-3-4-6-18(17)13-25/h3-7,9,11,16,19,28H,8,10,12-15H2,1-2H3/t19-/m1/s1. The van der Waals surface area contributed by atoms with Crippen LogP contribution < -0.4 is 11.2 Å². The van der Waals surface area contributed by atoms with Gasteiger partial charge in [-0.2, -0.15) is 0 Å². The van der Waals surface area contributed by atoms with Crippen LogP contribution >= 0.6 is 0 Å². The molecule has 0 radical (unpaired) electrons. The van der Waals surface area contributed by atoms with Crippen LogP contribution in [-0.4, -0.2) is 43.3 Å². The van der Waals surface area contributed by atoms with Gasteiger partial charge >= 0.3 is 5.69 Å². The third-order valence-electron chi connectivity index (χ3n) is 5.65. The Bertz CT molecular complexity index is 1170. The van der Waals surface area contributed by atoms with E-state index in [0.29, 0.717) is 24.0 Å². The lowest BCUT2D eigenvalue weighted by molar-refractivity contribution is 0.0896. The van der Waals surface area contributed by atoms with Crippen molar-refractivity contribution in [1.82, 2.24) is 19.0 Å². The summed E-state index contributed by atoms with van der Waals surface area (Å²) in [6, 6.07) is 10.0. The summed E-state index contributed by atoms with van der Waals surface area (Å²) in [4.78, 5) is 32.3. The Kier molecular flexibility index (Phi) is 5.83. The highest BCUT2D eigenvalue weighted by Crippen LogP contribution is 2.18. The van der Waals surface area contributed by atoms with E-state index in [1.807, 2.05) is 26.0 Å². The number of aliphatic hydroxyl groups excluding tert-OH is 1. The molecule has 3 heterocycles. The zero-order valence-electron chi connectivity index (χ0n) is 17.5. The van der Waals surface area contributed by atoms with Gasteiger partial charge in [-0.1, -0.05) is 38.1 Å². The number of fused-ring (bicyclic) bond motifs is 2. The van der Waals surface area contributed by atoms with E-state index in [4.69, 9.17) is 0 Å². The van der Waals surface area contributed by atoms with Crippen molar-refractivity contribution in [2.24, 2.45) is 5.92 Å². The molecule has 1 aromatic carbocycles. The third kappa shape index (κ3) is 4.08. The maximum Gasteiger partial charge on any atom is 0.331 e. The van der Waals surface area contributed by atoms with Crippen molar-refractivity contribution in [3.63, 3.8) is 0 Å². The van der Waals surface area contributed by atoms with Crippen LogP contribution in [0.4, 0.5) is 0 Å². The minimum atomic E-state index is -0.817. The smallest absolute Gasteiger partial charge is 0.331 e. The normalized spacial score (nSPS) is 15.5. The van der Waals surface area contributed by atoms with Gasteiger partial charge in [-0.3, -0.25) is 23.8 Å². The Morgan fingerprint density at radius 3 is 2.57 bits per heavy atom. The monoisotopic (exact) mass is 408 g/mol. The van der Waals surface area contributed by atoms with Crippen LogP contribution in [0.25, 0.3) is 10.9 Å². The van der Waals surface area contributed by atoms with E-state index < -0.39 is 11.7 Å². The minimum absolute atomic E-state index is 0.0290. The molecule has 1 aliphatic heterocycles. The van der Waals surface area contributed by atoms with Crippen LogP contribution in [0, 0.1) is 5.92 Å². The number of rotatable bonds is 6. The average molecular weight is 409 g/mol. The topological polar surface area (TPSA) is 80.4 Å². The van der Waals surface area contributed by atoms with E-state index in [-0.39, 0.29) is 18.2 Å². The highest BCUT2D eigenvalue weighted by atomic mass is 16.3. The van der Waals surface area contributed by atoms with E-state index in [1.54, 1.807) is 16.8 Å². The number of nitrogens with zero attached hydrogens (tertiary/aromatic N) is 4. The van der Waals surface area contributed by atoms with Crippen molar-refractivity contribution in [3.05, 3.63) is 74.7 Å². The van der Waals surface area contributed by atoms with Crippen LogP contribution in [0.5, 0.6) is 0 Å². The lowest BCUT2D eigenvalue weighted by atomic mass is 10.00. The van der Waals surface area contributed by atoms with E-state index in [1.165, 1.54) is 17.3 Å². The predicted octanol–water partition coefficient (Wildman–Crippen LogP) is 1.63. The molecule has 0 aliphatic carbocycles. The molecule has 0 fully saturated rings. The molecule has 0 unspecified atom stereocenters. The lowest BCUT2D eigenvalue weighted by Gasteiger charge is -2.30. The Hall–Kier alpha value is -2.77. The second kappa shape index (κ2) is 8.53. The average Bonchev–Trinajstić information content (AvgIpc) is 2.74. The van der Waals surface area contributed by atoms with Crippen LogP contribution in [0.3, 0.4) is 0 Å². The summed E-state index contributed by atoms with van der Waals surface area (Å²) in [5, 5.41) is 11.1. The largest absolute Gasteiger partial charge is 0.390 e. The molecule has 0 saturated heterocycles. The van der Waals surface area contributed by atoms with Crippen molar-refractivity contribution in [3.8, 4) is 0 Å². The van der Waals surface area contributed by atoms with Crippen LogP contribution in [0.1, 0.15) is 25.0 Å². The zero-order chi connectivity index (χ0) is 21.3. The highest BCUT2D eigenvalue weighted by molar-refractivity contribution is 5.76. The summed E-state index contributed by atoms with van der Waals surface area (Å²) in [6.07, 6.45) is 3.21. The first kappa shape index (κ1) is 20.5. The Morgan fingerprint density at radius 1 is 1.03 bits per heavy atom. The van der Waals surface area contributed by atoms with Crippen molar-refractivity contribution < 1.29 is 5.11 Å². The molecule has 7 nitrogen and oxygen atoms in total. The van der Waals surface area contributed by atoms with Crippen LogP contribution in [-0.2, 0) is 26.1 Å². The fourth-order valence-corrected chi connectivity index (χ4v) is 4.25. The van der Waals surface area contributed by atoms with E-state index in [2.05, 4.69) is 22.0 Å². The number of β-amino-alcohol motifs (C(OH)–C–C–N with tert-alkyl or cyclic N) is 1. The van der Waals surface area contributed by atoms with Gasteiger partial charge in [0.2, 0.25) is 0 Å². The molecule has 0 bridgehead atoms. The summed E-state index contributed by atoms with van der Waals surface area (Å²) in [6.45, 7) is 6.55. The fourth-order valence-electron chi connectivity index (χ4n) is 4.25. The van der Waals surface area contributed by atoms with Crippen molar-refractivity contribution >= 4 is 10.9 Å².